The highest BCUT2D eigenvalue weighted by Crippen LogP contribution is 2.27. The molecule has 2 fully saturated rings. The Kier molecular flexibility index (Phi) is 7.37. The first-order valence-corrected chi connectivity index (χ1v) is 11.4. The van der Waals surface area contributed by atoms with Crippen LogP contribution in [0.5, 0.6) is 5.75 Å². The van der Waals surface area contributed by atoms with Gasteiger partial charge in [-0.25, -0.2) is 18.2 Å². The van der Waals surface area contributed by atoms with Crippen molar-refractivity contribution >= 4 is 11.7 Å². The number of nitrogens with two attached hydrogens (primary N) is 1. The van der Waals surface area contributed by atoms with Crippen molar-refractivity contribution in [2.45, 2.75) is 32.2 Å². The predicted octanol–water partition coefficient (Wildman–Crippen LogP) is 3.61. The first kappa shape index (κ1) is 23.4. The molecule has 1 amide bonds. The molecule has 2 aromatic rings. The second-order valence-electron chi connectivity index (χ2n) is 8.92. The second-order valence-corrected chi connectivity index (χ2v) is 8.92. The monoisotopic (exact) mass is 462 g/mol. The van der Waals surface area contributed by atoms with E-state index in [0.717, 1.165) is 38.0 Å². The number of halogens is 3. The van der Waals surface area contributed by atoms with Gasteiger partial charge in [-0.2, -0.15) is 0 Å². The molecule has 3 heterocycles. The zero-order chi connectivity index (χ0) is 23.4. The van der Waals surface area contributed by atoms with Gasteiger partial charge < -0.3 is 15.4 Å². The molecule has 0 aliphatic carbocycles. The summed E-state index contributed by atoms with van der Waals surface area (Å²) in [6.07, 6.45) is 4.77. The Morgan fingerprint density at radius 2 is 1.70 bits per heavy atom. The maximum atomic E-state index is 13.7. The van der Waals surface area contributed by atoms with Gasteiger partial charge in [0.2, 0.25) is 5.91 Å². The van der Waals surface area contributed by atoms with Crippen molar-refractivity contribution in [3.05, 3.63) is 53.5 Å². The molecule has 1 aromatic carbocycles. The number of ether oxygens (including phenoxy) is 1. The van der Waals surface area contributed by atoms with Crippen LogP contribution >= 0.6 is 0 Å². The third-order valence-corrected chi connectivity index (χ3v) is 6.54. The number of aromatic nitrogens is 1. The van der Waals surface area contributed by atoms with E-state index in [9.17, 15) is 18.0 Å². The number of nitrogens with zero attached hydrogens (tertiary/aromatic N) is 3. The van der Waals surface area contributed by atoms with Gasteiger partial charge in [-0.1, -0.05) is 0 Å². The lowest BCUT2D eigenvalue weighted by Gasteiger charge is -2.37. The van der Waals surface area contributed by atoms with Crippen LogP contribution in [0.25, 0.3) is 0 Å². The van der Waals surface area contributed by atoms with E-state index in [2.05, 4.69) is 9.88 Å². The standard InChI is InChI=1S/C24H29F3N4O2/c25-19-12-20(26)23(21(27)13-19)33-15-16-2-9-31(10-3-16)24(32)18-4-7-30(8-5-18)14-17-1-6-29-22(28)11-17/h1,6,11-13,16,18H,2-5,7-10,14-15H2,(H2,28,29). The number of rotatable bonds is 6. The Hall–Kier alpha value is -2.81. The van der Waals surface area contributed by atoms with E-state index in [1.54, 1.807) is 6.20 Å². The average Bonchev–Trinajstić information content (AvgIpc) is 2.79. The number of carbonyl (C=O) groups excluding carboxylic acids is 1. The minimum Gasteiger partial charge on any atom is -0.487 e. The van der Waals surface area contributed by atoms with Crippen LogP contribution in [-0.4, -0.2) is 53.5 Å². The molecule has 2 aliphatic heterocycles. The van der Waals surface area contributed by atoms with Gasteiger partial charge in [0.1, 0.15) is 11.6 Å². The van der Waals surface area contributed by atoms with Gasteiger partial charge >= 0.3 is 0 Å². The number of benzene rings is 1. The van der Waals surface area contributed by atoms with Gasteiger partial charge in [0, 0.05) is 43.9 Å². The zero-order valence-corrected chi connectivity index (χ0v) is 18.5. The third kappa shape index (κ3) is 5.96. The van der Waals surface area contributed by atoms with E-state index in [4.69, 9.17) is 10.5 Å². The van der Waals surface area contributed by atoms with Crippen molar-refractivity contribution < 1.29 is 22.7 Å². The fourth-order valence-corrected chi connectivity index (χ4v) is 4.64. The van der Waals surface area contributed by atoms with E-state index < -0.39 is 23.2 Å². The molecule has 2 aliphatic rings. The van der Waals surface area contributed by atoms with Crippen LogP contribution in [0.3, 0.4) is 0 Å². The SMILES string of the molecule is Nc1cc(CN2CCC(C(=O)N3CCC(COc4c(F)cc(F)cc4F)CC3)CC2)ccn1. The van der Waals surface area contributed by atoms with E-state index in [1.165, 1.54) is 0 Å². The lowest BCUT2D eigenvalue weighted by Crippen LogP contribution is -2.45. The Morgan fingerprint density at radius 1 is 1.03 bits per heavy atom. The van der Waals surface area contributed by atoms with Crippen LogP contribution in [-0.2, 0) is 11.3 Å². The molecule has 9 heteroatoms. The number of likely N-dealkylation sites (tertiary alicyclic amines) is 2. The van der Waals surface area contributed by atoms with E-state index in [0.29, 0.717) is 43.9 Å². The summed E-state index contributed by atoms with van der Waals surface area (Å²) in [7, 11) is 0. The van der Waals surface area contributed by atoms with E-state index in [1.807, 2.05) is 17.0 Å². The molecule has 0 unspecified atom stereocenters. The van der Waals surface area contributed by atoms with Crippen LogP contribution in [0.4, 0.5) is 19.0 Å². The highest BCUT2D eigenvalue weighted by molar-refractivity contribution is 5.79. The minimum atomic E-state index is -1.04. The normalized spacial score (nSPS) is 18.5. The van der Waals surface area contributed by atoms with Crippen molar-refractivity contribution in [1.29, 1.82) is 0 Å². The van der Waals surface area contributed by atoms with E-state index >= 15 is 0 Å². The van der Waals surface area contributed by atoms with Crippen molar-refractivity contribution in [1.82, 2.24) is 14.8 Å². The Balaban J connectivity index is 1.20. The van der Waals surface area contributed by atoms with Crippen LogP contribution in [0.15, 0.2) is 30.5 Å². The molecule has 0 spiro atoms. The highest BCUT2D eigenvalue weighted by atomic mass is 19.1. The molecule has 2 saturated heterocycles. The number of carbonyl (C=O) groups is 1. The molecular weight excluding hydrogens is 433 g/mol. The largest absolute Gasteiger partial charge is 0.487 e. The summed E-state index contributed by atoms with van der Waals surface area (Å²) >= 11 is 0. The molecule has 4 rings (SSSR count). The van der Waals surface area contributed by atoms with E-state index in [-0.39, 0.29) is 24.3 Å². The molecule has 0 bridgehead atoms. The lowest BCUT2D eigenvalue weighted by molar-refractivity contribution is -0.138. The molecule has 0 atom stereocenters. The second kappa shape index (κ2) is 10.4. The van der Waals surface area contributed by atoms with Gasteiger partial charge in [-0.3, -0.25) is 9.69 Å². The number of hydrogen-bond acceptors (Lipinski definition) is 5. The van der Waals surface area contributed by atoms with Crippen molar-refractivity contribution in [3.63, 3.8) is 0 Å². The van der Waals surface area contributed by atoms with Gasteiger partial charge in [-0.15, -0.1) is 0 Å². The summed E-state index contributed by atoms with van der Waals surface area (Å²) in [5, 5.41) is 0. The minimum absolute atomic E-state index is 0.0268. The topological polar surface area (TPSA) is 71.7 Å². The maximum absolute atomic E-state index is 13.7. The van der Waals surface area contributed by atoms with Gasteiger partial charge in [0.25, 0.3) is 0 Å². The summed E-state index contributed by atoms with van der Waals surface area (Å²) in [5.74, 6) is -2.78. The summed E-state index contributed by atoms with van der Waals surface area (Å²) in [4.78, 5) is 21.2. The number of piperidine rings is 2. The summed E-state index contributed by atoms with van der Waals surface area (Å²) < 4.78 is 45.8. The molecular formula is C24H29F3N4O2. The first-order valence-electron chi connectivity index (χ1n) is 11.4. The summed E-state index contributed by atoms with van der Waals surface area (Å²) in [5.41, 5.74) is 6.87. The predicted molar refractivity (Wildman–Crippen MR) is 118 cm³/mol. The molecule has 0 radical (unpaired) electrons. The molecule has 178 valence electrons. The number of anilines is 1. The highest BCUT2D eigenvalue weighted by Gasteiger charge is 2.31. The fraction of sp³-hybridized carbons (Fsp3) is 0.500. The number of hydrogen-bond donors (Lipinski definition) is 1. The number of nitrogen functional groups attached to an aromatic ring is 1. The molecule has 6 nitrogen and oxygen atoms in total. The molecule has 1 aromatic heterocycles. The first-order chi connectivity index (χ1) is 15.9. The number of pyridine rings is 1. The Bertz CT molecular complexity index is 951. The van der Waals surface area contributed by atoms with Crippen LogP contribution in [0, 0.1) is 29.3 Å². The summed E-state index contributed by atoms with van der Waals surface area (Å²) in [6.45, 7) is 3.87. The Morgan fingerprint density at radius 3 is 2.33 bits per heavy atom. The van der Waals surface area contributed by atoms with Crippen LogP contribution in [0.1, 0.15) is 31.2 Å². The lowest BCUT2D eigenvalue weighted by atomic mass is 9.92. The van der Waals surface area contributed by atoms with Crippen molar-refractivity contribution in [3.8, 4) is 5.75 Å². The Labute approximate surface area is 191 Å². The fourth-order valence-electron chi connectivity index (χ4n) is 4.64. The molecule has 33 heavy (non-hydrogen) atoms. The maximum Gasteiger partial charge on any atom is 0.225 e. The molecule has 0 saturated carbocycles. The number of amides is 1. The van der Waals surface area contributed by atoms with Crippen LogP contribution < -0.4 is 10.5 Å². The van der Waals surface area contributed by atoms with Crippen molar-refractivity contribution in [2.24, 2.45) is 11.8 Å². The van der Waals surface area contributed by atoms with Crippen molar-refractivity contribution in [2.75, 3.05) is 38.5 Å². The quantitative estimate of drug-likeness (QED) is 0.710. The molecule has 2 N–H and O–H groups in total. The van der Waals surface area contributed by atoms with Gasteiger partial charge in [0.15, 0.2) is 17.4 Å². The van der Waals surface area contributed by atoms with Gasteiger partial charge in [-0.05, 0) is 62.4 Å². The van der Waals surface area contributed by atoms with Crippen LogP contribution in [0.2, 0.25) is 0 Å². The average molecular weight is 463 g/mol. The third-order valence-electron chi connectivity index (χ3n) is 6.54. The summed E-state index contributed by atoms with van der Waals surface area (Å²) in [6, 6.07) is 5.05. The smallest absolute Gasteiger partial charge is 0.225 e. The van der Waals surface area contributed by atoms with Gasteiger partial charge in [0.05, 0.1) is 6.61 Å². The zero-order valence-electron chi connectivity index (χ0n) is 18.5.